The first-order valence-electron chi connectivity index (χ1n) is 9.21. The molecule has 142 valence electrons. The predicted octanol–water partition coefficient (Wildman–Crippen LogP) is 4.35. The Morgan fingerprint density at radius 3 is 2.72 bits per heavy atom. The Labute approximate surface area is 169 Å². The van der Waals surface area contributed by atoms with Gasteiger partial charge in [0.2, 0.25) is 0 Å². The van der Waals surface area contributed by atoms with Crippen LogP contribution in [0.4, 0.5) is 0 Å². The standard InChI is InChI=1S/C23H16N2O3S/c26-21-13-17(24-23-25(21)19-10-3-4-11-20(19)29-23)14-28-22(27)12-16-8-5-7-15-6-1-2-9-18(15)16/h1-11,13H,12,14H2. The number of carbonyl (C=O) groups is 1. The number of hydrogen-bond acceptors (Lipinski definition) is 5. The highest BCUT2D eigenvalue weighted by Crippen LogP contribution is 2.23. The van der Waals surface area contributed by atoms with E-state index in [4.69, 9.17) is 4.74 Å². The van der Waals surface area contributed by atoms with Crippen molar-refractivity contribution >= 4 is 43.3 Å². The first kappa shape index (κ1) is 17.6. The minimum atomic E-state index is -0.348. The van der Waals surface area contributed by atoms with Crippen LogP contribution in [0.3, 0.4) is 0 Å². The fourth-order valence-electron chi connectivity index (χ4n) is 3.50. The number of para-hydroxylation sites is 1. The summed E-state index contributed by atoms with van der Waals surface area (Å²) in [6.07, 6.45) is 0.172. The Morgan fingerprint density at radius 2 is 1.79 bits per heavy atom. The highest BCUT2D eigenvalue weighted by Gasteiger charge is 2.12. The summed E-state index contributed by atoms with van der Waals surface area (Å²) in [5, 5.41) is 2.12. The van der Waals surface area contributed by atoms with Crippen LogP contribution in [0.15, 0.2) is 77.6 Å². The molecule has 0 unspecified atom stereocenters. The average Bonchev–Trinajstić information content (AvgIpc) is 3.11. The highest BCUT2D eigenvalue weighted by atomic mass is 32.1. The largest absolute Gasteiger partial charge is 0.459 e. The van der Waals surface area contributed by atoms with E-state index in [0.717, 1.165) is 26.6 Å². The van der Waals surface area contributed by atoms with Gasteiger partial charge in [0.1, 0.15) is 6.61 Å². The van der Waals surface area contributed by atoms with E-state index in [-0.39, 0.29) is 24.6 Å². The van der Waals surface area contributed by atoms with Crippen LogP contribution in [0, 0.1) is 0 Å². The number of rotatable bonds is 4. The van der Waals surface area contributed by atoms with Crippen LogP contribution in [-0.4, -0.2) is 15.4 Å². The zero-order valence-electron chi connectivity index (χ0n) is 15.4. The predicted molar refractivity (Wildman–Crippen MR) is 114 cm³/mol. The van der Waals surface area contributed by atoms with Crippen LogP contribution in [0.25, 0.3) is 25.9 Å². The molecule has 0 spiro atoms. The first-order chi connectivity index (χ1) is 14.2. The minimum absolute atomic E-state index is 0.0242. The summed E-state index contributed by atoms with van der Waals surface area (Å²) in [6, 6.07) is 22.9. The Bertz CT molecular complexity index is 1430. The van der Waals surface area contributed by atoms with Gasteiger partial charge in [0.05, 0.1) is 22.3 Å². The van der Waals surface area contributed by atoms with Crippen LogP contribution in [-0.2, 0) is 22.6 Å². The SMILES string of the molecule is O=C(Cc1cccc2ccccc12)OCc1cc(=O)n2c(n1)sc1ccccc12. The molecule has 0 atom stereocenters. The first-order valence-corrected chi connectivity index (χ1v) is 10.0. The number of benzene rings is 3. The molecule has 0 saturated heterocycles. The van der Waals surface area contributed by atoms with Crippen LogP contribution >= 0.6 is 11.3 Å². The van der Waals surface area contributed by atoms with E-state index in [1.807, 2.05) is 66.7 Å². The number of aromatic nitrogens is 2. The summed E-state index contributed by atoms with van der Waals surface area (Å²) in [7, 11) is 0. The summed E-state index contributed by atoms with van der Waals surface area (Å²) in [6.45, 7) is -0.0242. The van der Waals surface area contributed by atoms with Crippen molar-refractivity contribution in [1.29, 1.82) is 0 Å². The van der Waals surface area contributed by atoms with Gasteiger partial charge in [0.15, 0.2) is 4.96 Å². The second-order valence-electron chi connectivity index (χ2n) is 6.75. The number of esters is 1. The Balaban J connectivity index is 1.37. The maximum absolute atomic E-state index is 12.5. The molecule has 3 aromatic carbocycles. The molecule has 0 fully saturated rings. The molecule has 2 heterocycles. The second-order valence-corrected chi connectivity index (χ2v) is 7.76. The molecule has 0 saturated carbocycles. The fraction of sp³-hybridized carbons (Fsp3) is 0.0870. The van der Waals surface area contributed by atoms with Gasteiger partial charge < -0.3 is 4.74 Å². The van der Waals surface area contributed by atoms with Gasteiger partial charge in [-0.2, -0.15) is 0 Å². The molecule has 6 heteroatoms. The van der Waals surface area contributed by atoms with E-state index >= 15 is 0 Å². The van der Waals surface area contributed by atoms with Gasteiger partial charge in [-0.15, -0.1) is 0 Å². The van der Waals surface area contributed by atoms with E-state index in [1.54, 1.807) is 4.40 Å². The zero-order chi connectivity index (χ0) is 19.8. The third-order valence-corrected chi connectivity index (χ3v) is 5.87. The summed E-state index contributed by atoms with van der Waals surface area (Å²) >= 11 is 1.44. The summed E-state index contributed by atoms with van der Waals surface area (Å²) < 4.78 is 7.99. The lowest BCUT2D eigenvalue weighted by atomic mass is 10.0. The maximum Gasteiger partial charge on any atom is 0.310 e. The third-order valence-electron chi connectivity index (χ3n) is 4.84. The lowest BCUT2D eigenvalue weighted by molar-refractivity contribution is -0.144. The van der Waals surface area contributed by atoms with Crippen LogP contribution < -0.4 is 5.56 Å². The van der Waals surface area contributed by atoms with Crippen molar-refractivity contribution in [3.8, 4) is 0 Å². The molecular weight excluding hydrogens is 384 g/mol. The Hall–Kier alpha value is -3.51. The molecule has 5 rings (SSSR count). The van der Waals surface area contributed by atoms with Gasteiger partial charge in [-0.05, 0) is 28.5 Å². The molecule has 0 N–H and O–H groups in total. The van der Waals surface area contributed by atoms with Gasteiger partial charge in [0.25, 0.3) is 5.56 Å². The number of fused-ring (bicyclic) bond motifs is 4. The van der Waals surface area contributed by atoms with E-state index in [0.29, 0.717) is 10.7 Å². The quantitative estimate of drug-likeness (QED) is 0.421. The number of nitrogens with zero attached hydrogens (tertiary/aromatic N) is 2. The normalized spacial score (nSPS) is 11.3. The molecular formula is C23H16N2O3S. The summed E-state index contributed by atoms with van der Waals surface area (Å²) in [5.74, 6) is -0.348. The van der Waals surface area contributed by atoms with Crippen molar-refractivity contribution in [2.75, 3.05) is 0 Å². The van der Waals surface area contributed by atoms with Crippen molar-refractivity contribution in [1.82, 2.24) is 9.38 Å². The number of carbonyl (C=O) groups excluding carboxylic acids is 1. The number of ether oxygens (including phenoxy) is 1. The van der Waals surface area contributed by atoms with E-state index in [1.165, 1.54) is 17.4 Å². The number of thiazole rings is 1. The summed E-state index contributed by atoms with van der Waals surface area (Å²) in [4.78, 5) is 30.0. The second kappa shape index (κ2) is 7.14. The van der Waals surface area contributed by atoms with Gasteiger partial charge in [-0.1, -0.05) is 65.9 Å². The molecule has 5 aromatic rings. The van der Waals surface area contributed by atoms with E-state index in [9.17, 15) is 9.59 Å². The highest BCUT2D eigenvalue weighted by molar-refractivity contribution is 7.23. The molecule has 0 radical (unpaired) electrons. The molecule has 0 aliphatic rings. The van der Waals surface area contributed by atoms with Crippen molar-refractivity contribution in [2.45, 2.75) is 13.0 Å². The number of hydrogen-bond donors (Lipinski definition) is 0. The van der Waals surface area contributed by atoms with Crippen molar-refractivity contribution < 1.29 is 9.53 Å². The van der Waals surface area contributed by atoms with Gasteiger partial charge in [-0.3, -0.25) is 14.0 Å². The van der Waals surface area contributed by atoms with Crippen molar-refractivity contribution in [3.05, 3.63) is 94.4 Å². The van der Waals surface area contributed by atoms with Gasteiger partial charge in [0, 0.05) is 6.07 Å². The van der Waals surface area contributed by atoms with E-state index < -0.39 is 0 Å². The monoisotopic (exact) mass is 400 g/mol. The Morgan fingerprint density at radius 1 is 1.00 bits per heavy atom. The molecule has 0 aliphatic heterocycles. The topological polar surface area (TPSA) is 60.7 Å². The molecule has 2 aromatic heterocycles. The molecule has 5 nitrogen and oxygen atoms in total. The minimum Gasteiger partial charge on any atom is -0.459 e. The molecule has 0 amide bonds. The molecule has 29 heavy (non-hydrogen) atoms. The zero-order valence-corrected chi connectivity index (χ0v) is 16.2. The molecule has 0 aliphatic carbocycles. The fourth-order valence-corrected chi connectivity index (χ4v) is 4.55. The van der Waals surface area contributed by atoms with Crippen LogP contribution in [0.2, 0.25) is 0 Å². The van der Waals surface area contributed by atoms with Gasteiger partial charge >= 0.3 is 5.97 Å². The van der Waals surface area contributed by atoms with Crippen molar-refractivity contribution in [3.63, 3.8) is 0 Å². The molecule has 0 bridgehead atoms. The van der Waals surface area contributed by atoms with Crippen LogP contribution in [0.1, 0.15) is 11.3 Å². The van der Waals surface area contributed by atoms with E-state index in [2.05, 4.69) is 4.98 Å². The lowest BCUT2D eigenvalue weighted by Gasteiger charge is -2.07. The Kier molecular flexibility index (Phi) is 4.33. The summed E-state index contributed by atoms with van der Waals surface area (Å²) in [5.41, 5.74) is 2.03. The lowest BCUT2D eigenvalue weighted by Crippen LogP contribution is -2.15. The van der Waals surface area contributed by atoms with Gasteiger partial charge in [-0.25, -0.2) is 4.98 Å². The third kappa shape index (κ3) is 3.28. The van der Waals surface area contributed by atoms with Crippen LogP contribution in [0.5, 0.6) is 0 Å². The maximum atomic E-state index is 12.5. The average molecular weight is 400 g/mol. The smallest absolute Gasteiger partial charge is 0.310 e. The van der Waals surface area contributed by atoms with Crippen molar-refractivity contribution in [2.24, 2.45) is 0 Å².